The first-order chi connectivity index (χ1) is 12.9. The minimum absolute atomic E-state index is 0.0866. The first-order valence-electron chi connectivity index (χ1n) is 9.18. The number of hydrogen-bond acceptors (Lipinski definition) is 3. The zero-order chi connectivity index (χ0) is 19.3. The number of benzene rings is 1. The van der Waals surface area contributed by atoms with E-state index in [1.54, 1.807) is 6.26 Å². The predicted octanol–water partition coefficient (Wildman–Crippen LogP) is 4.65. The fourth-order valence-electron chi connectivity index (χ4n) is 3.40. The second kappa shape index (κ2) is 8.61. The molecule has 0 aliphatic carbocycles. The van der Waals surface area contributed by atoms with Gasteiger partial charge in [0.1, 0.15) is 5.76 Å². The number of carbonyl (C=O) groups is 1. The largest absolute Gasteiger partial charge is 0.468 e. The van der Waals surface area contributed by atoms with Gasteiger partial charge in [-0.3, -0.25) is 9.69 Å². The van der Waals surface area contributed by atoms with E-state index in [9.17, 15) is 18.0 Å². The van der Waals surface area contributed by atoms with Gasteiger partial charge in [-0.1, -0.05) is 12.8 Å². The topological polar surface area (TPSA) is 45.5 Å². The Morgan fingerprint density at radius 1 is 1.07 bits per heavy atom. The van der Waals surface area contributed by atoms with Gasteiger partial charge in [0.2, 0.25) is 0 Å². The molecule has 4 nitrogen and oxygen atoms in total. The average Bonchev–Trinajstić information content (AvgIpc) is 3.04. The maximum absolute atomic E-state index is 12.7. The van der Waals surface area contributed by atoms with Gasteiger partial charge in [0, 0.05) is 12.1 Å². The van der Waals surface area contributed by atoms with Crippen LogP contribution in [0.5, 0.6) is 0 Å². The molecule has 1 saturated heterocycles. The van der Waals surface area contributed by atoms with Crippen molar-refractivity contribution in [1.29, 1.82) is 0 Å². The number of amides is 1. The van der Waals surface area contributed by atoms with Crippen LogP contribution in [0.2, 0.25) is 0 Å². The smallest absolute Gasteiger partial charge is 0.416 e. The van der Waals surface area contributed by atoms with E-state index in [-0.39, 0.29) is 11.6 Å². The Labute approximate surface area is 156 Å². The van der Waals surface area contributed by atoms with Crippen molar-refractivity contribution in [1.82, 2.24) is 10.2 Å². The Hall–Kier alpha value is -2.28. The van der Waals surface area contributed by atoms with Crippen LogP contribution in [0.15, 0.2) is 47.1 Å². The van der Waals surface area contributed by atoms with Crippen LogP contribution in [-0.2, 0) is 6.18 Å². The van der Waals surface area contributed by atoms with E-state index in [4.69, 9.17) is 4.42 Å². The molecule has 1 N–H and O–H groups in total. The van der Waals surface area contributed by atoms with E-state index in [1.165, 1.54) is 25.0 Å². The fourth-order valence-corrected chi connectivity index (χ4v) is 3.40. The molecule has 1 unspecified atom stereocenters. The number of furan rings is 1. The van der Waals surface area contributed by atoms with Gasteiger partial charge in [-0.2, -0.15) is 13.2 Å². The molecule has 1 amide bonds. The number of likely N-dealkylation sites (tertiary alicyclic amines) is 1. The molecule has 1 aromatic heterocycles. The molecule has 0 radical (unpaired) electrons. The number of nitrogens with zero attached hydrogens (tertiary/aromatic N) is 1. The number of carbonyl (C=O) groups excluding carboxylic acids is 1. The van der Waals surface area contributed by atoms with Gasteiger partial charge in [-0.05, 0) is 62.3 Å². The summed E-state index contributed by atoms with van der Waals surface area (Å²) >= 11 is 0. The molecule has 1 aliphatic rings. The minimum atomic E-state index is -4.41. The van der Waals surface area contributed by atoms with Crippen molar-refractivity contribution >= 4 is 5.91 Å². The number of halogens is 3. The third-order valence-corrected chi connectivity index (χ3v) is 4.88. The van der Waals surface area contributed by atoms with Crippen molar-refractivity contribution in [3.63, 3.8) is 0 Å². The van der Waals surface area contributed by atoms with Gasteiger partial charge >= 0.3 is 6.18 Å². The number of alkyl halides is 3. The summed E-state index contributed by atoms with van der Waals surface area (Å²) in [5.41, 5.74) is -0.561. The summed E-state index contributed by atoms with van der Waals surface area (Å²) in [4.78, 5) is 14.7. The Balaban J connectivity index is 1.66. The maximum atomic E-state index is 12.7. The SMILES string of the molecule is O=C(NCC(c1ccco1)N1CCCCCC1)c1ccc(C(F)(F)F)cc1. The number of nitrogens with one attached hydrogen (secondary N) is 1. The third kappa shape index (κ3) is 5.13. The summed E-state index contributed by atoms with van der Waals surface area (Å²) in [5.74, 6) is 0.389. The molecule has 27 heavy (non-hydrogen) atoms. The van der Waals surface area contributed by atoms with Gasteiger partial charge in [0.05, 0.1) is 17.9 Å². The van der Waals surface area contributed by atoms with E-state index in [0.717, 1.165) is 43.8 Å². The number of hydrogen-bond donors (Lipinski definition) is 1. The molecule has 0 bridgehead atoms. The van der Waals surface area contributed by atoms with Crippen molar-refractivity contribution in [3.8, 4) is 0 Å². The fraction of sp³-hybridized carbons (Fsp3) is 0.450. The third-order valence-electron chi connectivity index (χ3n) is 4.88. The second-order valence-corrected chi connectivity index (χ2v) is 6.77. The zero-order valence-corrected chi connectivity index (χ0v) is 15.0. The molecule has 2 heterocycles. The van der Waals surface area contributed by atoms with Crippen molar-refractivity contribution in [2.45, 2.75) is 37.9 Å². The maximum Gasteiger partial charge on any atom is 0.416 e. The molecule has 3 rings (SSSR count). The first-order valence-corrected chi connectivity index (χ1v) is 9.18. The molecule has 1 aromatic carbocycles. The molecule has 0 spiro atoms. The molecule has 7 heteroatoms. The number of rotatable bonds is 5. The van der Waals surface area contributed by atoms with E-state index in [0.29, 0.717) is 6.54 Å². The monoisotopic (exact) mass is 380 g/mol. The lowest BCUT2D eigenvalue weighted by molar-refractivity contribution is -0.137. The molecule has 1 atom stereocenters. The van der Waals surface area contributed by atoms with E-state index in [2.05, 4.69) is 10.2 Å². The van der Waals surface area contributed by atoms with Gasteiger partial charge < -0.3 is 9.73 Å². The van der Waals surface area contributed by atoms with Crippen molar-refractivity contribution < 1.29 is 22.4 Å². The Morgan fingerprint density at radius 3 is 2.30 bits per heavy atom. The van der Waals surface area contributed by atoms with Crippen LogP contribution in [0.25, 0.3) is 0 Å². The zero-order valence-electron chi connectivity index (χ0n) is 15.0. The summed E-state index contributed by atoms with van der Waals surface area (Å²) in [6.07, 6.45) is 1.79. The molecule has 2 aromatic rings. The molecule has 1 fully saturated rings. The highest BCUT2D eigenvalue weighted by atomic mass is 19.4. The van der Waals surface area contributed by atoms with Gasteiger partial charge in [0.25, 0.3) is 5.91 Å². The standard InChI is InChI=1S/C20H23F3N2O2/c21-20(22,23)16-9-7-15(8-10-16)19(26)24-14-17(18-6-5-13-27-18)25-11-3-1-2-4-12-25/h5-10,13,17H,1-4,11-12,14H2,(H,24,26). The van der Waals surface area contributed by atoms with Crippen molar-refractivity contribution in [3.05, 3.63) is 59.5 Å². The second-order valence-electron chi connectivity index (χ2n) is 6.77. The summed E-state index contributed by atoms with van der Waals surface area (Å²) < 4.78 is 43.5. The average molecular weight is 380 g/mol. The highest BCUT2D eigenvalue weighted by Gasteiger charge is 2.30. The quantitative estimate of drug-likeness (QED) is 0.822. The van der Waals surface area contributed by atoms with Crippen LogP contribution in [0.1, 0.15) is 53.4 Å². The lowest BCUT2D eigenvalue weighted by atomic mass is 10.1. The first kappa shape index (κ1) is 19.5. The van der Waals surface area contributed by atoms with Crippen molar-refractivity contribution in [2.24, 2.45) is 0 Å². The molecular weight excluding hydrogens is 357 g/mol. The lowest BCUT2D eigenvalue weighted by Crippen LogP contribution is -2.38. The summed E-state index contributed by atoms with van der Waals surface area (Å²) in [5, 5.41) is 2.84. The summed E-state index contributed by atoms with van der Waals surface area (Å²) in [6, 6.07) is 7.87. The van der Waals surface area contributed by atoms with E-state index in [1.807, 2.05) is 12.1 Å². The van der Waals surface area contributed by atoms with Gasteiger partial charge in [-0.25, -0.2) is 0 Å². The molecular formula is C20H23F3N2O2. The van der Waals surface area contributed by atoms with Crippen LogP contribution in [0.3, 0.4) is 0 Å². The van der Waals surface area contributed by atoms with Crippen LogP contribution < -0.4 is 5.32 Å². The van der Waals surface area contributed by atoms with Gasteiger partial charge in [0.15, 0.2) is 0 Å². The Kier molecular flexibility index (Phi) is 6.21. The van der Waals surface area contributed by atoms with Crippen LogP contribution in [-0.4, -0.2) is 30.4 Å². The highest BCUT2D eigenvalue weighted by Crippen LogP contribution is 2.29. The van der Waals surface area contributed by atoms with E-state index >= 15 is 0 Å². The molecule has 146 valence electrons. The highest BCUT2D eigenvalue weighted by molar-refractivity contribution is 5.94. The van der Waals surface area contributed by atoms with Crippen LogP contribution >= 0.6 is 0 Å². The summed E-state index contributed by atoms with van der Waals surface area (Å²) in [7, 11) is 0. The minimum Gasteiger partial charge on any atom is -0.468 e. The van der Waals surface area contributed by atoms with Crippen LogP contribution in [0.4, 0.5) is 13.2 Å². The van der Waals surface area contributed by atoms with Gasteiger partial charge in [-0.15, -0.1) is 0 Å². The van der Waals surface area contributed by atoms with Crippen LogP contribution in [0, 0.1) is 0 Å². The Bertz CT molecular complexity index is 719. The molecule has 0 saturated carbocycles. The molecule has 1 aliphatic heterocycles. The normalized spacial score (nSPS) is 17.3. The Morgan fingerprint density at radius 2 is 1.74 bits per heavy atom. The predicted molar refractivity (Wildman–Crippen MR) is 95.3 cm³/mol. The summed E-state index contributed by atoms with van der Waals surface area (Å²) in [6.45, 7) is 2.20. The lowest BCUT2D eigenvalue weighted by Gasteiger charge is -2.29. The van der Waals surface area contributed by atoms with Crippen molar-refractivity contribution in [2.75, 3.05) is 19.6 Å². The van der Waals surface area contributed by atoms with E-state index < -0.39 is 17.6 Å².